The molecule has 0 fully saturated rings. The van der Waals surface area contributed by atoms with E-state index in [2.05, 4.69) is 93.2 Å². The predicted molar refractivity (Wildman–Crippen MR) is 441 cm³/mol. The van der Waals surface area contributed by atoms with Crippen molar-refractivity contribution >= 4 is 160 Å². The van der Waals surface area contributed by atoms with E-state index in [4.69, 9.17) is 0 Å². The fourth-order valence-corrected chi connectivity index (χ4v) is 15.5. The van der Waals surface area contributed by atoms with E-state index in [-0.39, 0.29) is 61.7 Å². The van der Waals surface area contributed by atoms with Gasteiger partial charge in [-0.3, -0.25) is 38.4 Å². The topological polar surface area (TPSA) is 349 Å². The average molecular weight is 1610 g/mol. The van der Waals surface area contributed by atoms with E-state index >= 15 is 0 Å². The molecule has 4 amide bonds. The third-order valence-electron chi connectivity index (χ3n) is 18.0. The number of nitrogens with one attached hydrogen (secondary N) is 8. The maximum absolute atomic E-state index is 13.9. The van der Waals surface area contributed by atoms with Crippen molar-refractivity contribution in [1.29, 1.82) is 0 Å². The van der Waals surface area contributed by atoms with E-state index in [0.29, 0.717) is 142 Å². The Bertz CT molecular complexity index is 5950. The van der Waals surface area contributed by atoms with Crippen LogP contribution >= 0.6 is 47.0 Å². The van der Waals surface area contributed by atoms with Gasteiger partial charge in [0.15, 0.2) is 38.1 Å². The number of halogens is 4. The highest BCUT2D eigenvalue weighted by atomic mass is 32.2. The molecule has 12 aromatic rings. The van der Waals surface area contributed by atoms with Crippen LogP contribution in [-0.2, 0) is 44.9 Å². The molecule has 114 heavy (non-hydrogen) atoms. The van der Waals surface area contributed by atoms with Crippen LogP contribution in [0.15, 0.2) is 217 Å². The van der Waals surface area contributed by atoms with Crippen molar-refractivity contribution in [3.8, 4) is 0 Å². The van der Waals surface area contributed by atoms with Crippen molar-refractivity contribution in [2.24, 2.45) is 20.0 Å². The number of aromatic amines is 4. The number of carbonyl (C=O) groups is 4. The highest BCUT2D eigenvalue weighted by molar-refractivity contribution is 7.99. The van der Waals surface area contributed by atoms with Gasteiger partial charge in [-0.1, -0.05) is 143 Å². The van der Waals surface area contributed by atoms with Crippen molar-refractivity contribution in [1.82, 2.24) is 61.1 Å². The predicted octanol–water partition coefficient (Wildman–Crippen LogP) is 12.6. The maximum atomic E-state index is 13.9. The Morgan fingerprint density at radius 3 is 1.11 bits per heavy atom. The minimum Gasteiger partial charge on any atom is -0.351 e. The summed E-state index contributed by atoms with van der Waals surface area (Å²) in [5.74, 6) is -1.86. The second-order valence-electron chi connectivity index (χ2n) is 26.4. The molecule has 4 aliphatic rings. The lowest BCUT2D eigenvalue weighted by molar-refractivity contribution is -0.115. The number of hydrogen-bond acceptors (Lipinski definition) is 20. The molecule has 8 N–H and O–H groups in total. The molecule has 0 spiro atoms. The first kappa shape index (κ1) is 80.1. The van der Waals surface area contributed by atoms with Gasteiger partial charge in [0.05, 0.1) is 60.8 Å². The summed E-state index contributed by atoms with van der Waals surface area (Å²) in [4.78, 5) is 143. The van der Waals surface area contributed by atoms with E-state index in [1.54, 1.807) is 12.1 Å². The number of amides is 4. The van der Waals surface area contributed by atoms with E-state index in [0.717, 1.165) is 87.5 Å². The molecule has 0 radical (unpaired) electrons. The van der Waals surface area contributed by atoms with Gasteiger partial charge in [-0.2, -0.15) is 0 Å². The van der Waals surface area contributed by atoms with Crippen LogP contribution in [0.4, 0.5) is 40.3 Å². The Hall–Kier alpha value is -12.0. The van der Waals surface area contributed by atoms with Crippen molar-refractivity contribution in [3.05, 3.63) is 256 Å². The number of thioether (sulfide) groups is 4. The average Bonchev–Trinajstić information content (AvgIpc) is 1.33. The van der Waals surface area contributed by atoms with Crippen LogP contribution < -0.4 is 43.5 Å². The summed E-state index contributed by atoms with van der Waals surface area (Å²) in [6, 6.07) is 45.3. The highest BCUT2D eigenvalue weighted by Crippen LogP contribution is 2.31. The first-order chi connectivity index (χ1) is 55.2. The number of carbonyl (C=O) groups excluding carboxylic acids is 4. The highest BCUT2D eigenvalue weighted by Gasteiger charge is 2.25. The Morgan fingerprint density at radius 1 is 0.351 bits per heavy atom. The van der Waals surface area contributed by atoms with Gasteiger partial charge in [0.1, 0.15) is 34.2 Å². The molecule has 32 heteroatoms. The van der Waals surface area contributed by atoms with Crippen LogP contribution in [0.2, 0.25) is 0 Å². The molecular weight excluding hydrogens is 1540 g/mol. The van der Waals surface area contributed by atoms with Crippen LogP contribution in [0.1, 0.15) is 59.1 Å². The Kier molecular flexibility index (Phi) is 26.4. The number of hydrogen-bond donors (Lipinski definition) is 8. The van der Waals surface area contributed by atoms with Crippen LogP contribution in [-0.4, -0.2) is 136 Å². The lowest BCUT2D eigenvalue weighted by atomic mass is 10.1. The fourth-order valence-electron chi connectivity index (χ4n) is 12.3. The summed E-state index contributed by atoms with van der Waals surface area (Å²) in [7, 11) is 0. The molecule has 8 aromatic carbocycles. The molecule has 0 atom stereocenters. The first-order valence-corrected chi connectivity index (χ1v) is 40.2. The lowest BCUT2D eigenvalue weighted by Crippen LogP contribution is -2.32. The molecule has 8 heterocycles. The first-order valence-electron chi connectivity index (χ1n) is 36.3. The summed E-state index contributed by atoms with van der Waals surface area (Å²) < 4.78 is 53.8. The molecule has 16 rings (SSSR count). The molecular formula is C82H72F4N16O8S4. The second-order valence-corrected chi connectivity index (χ2v) is 30.7. The monoisotopic (exact) mass is 1610 g/mol. The number of aliphatic imine (C=N–C) groups is 4. The van der Waals surface area contributed by atoms with E-state index in [1.165, 1.54) is 58.2 Å². The van der Waals surface area contributed by atoms with Gasteiger partial charge in [0.25, 0.3) is 45.9 Å². The summed E-state index contributed by atoms with van der Waals surface area (Å²) in [6.45, 7) is 6.05. The molecule has 0 unspecified atom stereocenters. The van der Waals surface area contributed by atoms with Crippen LogP contribution in [0, 0.1) is 37.1 Å². The zero-order valence-corrected chi connectivity index (χ0v) is 64.6. The Labute approximate surface area is 664 Å². The SMILES string of the molecule is Cc1ccc2c(c1)CC(C(=O)NCCCSc1nc3ccccc3c(=O)[nH]1)=N2.Cc1ccc2c(c1)CC(C(=O)NCCCSc1nc3ccccc3c(=O)[nH]1)=N2.O=C(NCCCSc1nc2c(F)cc(F)cc2c(=O)[nH]1)C1=Nc2ccccc2C1.O=C(NCCCSc1nc2cc(F)c(F)cc2c(=O)[nH]1)C1=Nc2ccccc2C1. The molecule has 0 aliphatic carbocycles. The zero-order valence-electron chi connectivity index (χ0n) is 61.3. The molecule has 0 saturated heterocycles. The van der Waals surface area contributed by atoms with E-state index in [1.807, 2.05) is 123 Å². The standard InChI is InChI=1S/2C21H20N4O2S.2C20H16F2N4O2S/c2*1-13-7-8-16-14(11-13)12-18(23-16)20(27)22-9-4-10-28-21-24-17-6-3-2-5-15(17)19(26)25-21;21-13-9-12-16(10-14(13)22)25-20(26-18(12)27)29-7-3-6-23-19(28)17-8-11-4-1-2-5-15(11)24-17;21-12-9-13-17(14(22)10-12)25-20(26-18(13)27)29-7-3-6-23-19(28)16-8-11-4-1-2-5-15(11)24-16/h2*2-3,5-8,11H,4,9-10,12H2,1H3,(H,22,27)(H,24,25,26);2*1-2,4-5,9-10H,3,6-8H2,(H,23,28)(H,25,26,27). The van der Waals surface area contributed by atoms with Gasteiger partial charge in [-0.05, 0) is 122 Å². The molecule has 0 saturated carbocycles. The number of nitrogens with zero attached hydrogens (tertiary/aromatic N) is 8. The van der Waals surface area contributed by atoms with Gasteiger partial charge < -0.3 is 41.2 Å². The van der Waals surface area contributed by atoms with Crippen LogP contribution in [0.3, 0.4) is 0 Å². The molecule has 580 valence electrons. The Balaban J connectivity index is 0.000000133. The second kappa shape index (κ2) is 37.6. The number of H-pyrrole nitrogens is 4. The third-order valence-corrected chi connectivity index (χ3v) is 21.8. The fraction of sp³-hybridized carbons (Fsp3) is 0.220. The minimum absolute atomic E-state index is 0.00107. The number of rotatable bonds is 24. The van der Waals surface area contributed by atoms with Crippen molar-refractivity contribution in [3.63, 3.8) is 0 Å². The number of aromatic nitrogens is 8. The number of aryl methyl sites for hydroxylation is 2. The van der Waals surface area contributed by atoms with Gasteiger partial charge >= 0.3 is 0 Å². The summed E-state index contributed by atoms with van der Waals surface area (Å²) in [5.41, 5.74) is 12.1. The molecule has 24 nitrogen and oxygen atoms in total. The maximum Gasteiger partial charge on any atom is 0.266 e. The van der Waals surface area contributed by atoms with E-state index in [9.17, 15) is 55.9 Å². The van der Waals surface area contributed by atoms with Gasteiger partial charge in [0, 0.05) is 87.0 Å². The third kappa shape index (κ3) is 20.6. The smallest absolute Gasteiger partial charge is 0.266 e. The summed E-state index contributed by atoms with van der Waals surface area (Å²) >= 11 is 5.45. The van der Waals surface area contributed by atoms with Crippen LogP contribution in [0.5, 0.6) is 0 Å². The number of benzene rings is 8. The van der Waals surface area contributed by atoms with Crippen LogP contribution in [0.25, 0.3) is 43.6 Å². The summed E-state index contributed by atoms with van der Waals surface area (Å²) in [5, 5.41) is 14.3. The zero-order chi connectivity index (χ0) is 79.8. The quantitative estimate of drug-likeness (QED) is 0.0121. The Morgan fingerprint density at radius 2 is 0.693 bits per heavy atom. The van der Waals surface area contributed by atoms with Crippen molar-refractivity contribution in [2.75, 3.05) is 49.2 Å². The normalized spacial score (nSPS) is 12.7. The molecule has 4 aromatic heterocycles. The van der Waals surface area contributed by atoms with Crippen molar-refractivity contribution in [2.45, 2.75) is 85.8 Å². The molecule has 4 aliphatic heterocycles. The molecule has 0 bridgehead atoms. The van der Waals surface area contributed by atoms with Gasteiger partial charge in [-0.15, -0.1) is 0 Å². The lowest BCUT2D eigenvalue weighted by Gasteiger charge is -2.06. The number of para-hydroxylation sites is 4. The van der Waals surface area contributed by atoms with E-state index < -0.39 is 34.4 Å². The van der Waals surface area contributed by atoms with Gasteiger partial charge in [0.2, 0.25) is 0 Å². The largest absolute Gasteiger partial charge is 0.351 e. The number of fused-ring (bicyclic) bond motifs is 8. The van der Waals surface area contributed by atoms with Crippen molar-refractivity contribution < 1.29 is 36.7 Å². The van der Waals surface area contributed by atoms with Gasteiger partial charge in [-0.25, -0.2) is 57.5 Å². The minimum atomic E-state index is -1.09. The summed E-state index contributed by atoms with van der Waals surface area (Å²) in [6.07, 6.45) is 5.00.